The minimum absolute atomic E-state index is 0. The Hall–Kier alpha value is -0.410. The number of aromatic amines is 1. The molecule has 0 radical (unpaired) electrons. The van der Waals surface area contributed by atoms with Crippen LogP contribution in [0.2, 0.25) is 5.02 Å². The van der Waals surface area contributed by atoms with E-state index in [1.54, 1.807) is 11.8 Å². The number of hydrogen-bond donors (Lipinski definition) is 4. The Morgan fingerprint density at radius 2 is 1.86 bits per heavy atom. The van der Waals surface area contributed by atoms with E-state index in [-0.39, 0.29) is 54.1 Å². The van der Waals surface area contributed by atoms with Gasteiger partial charge in [0.2, 0.25) is 0 Å². The van der Waals surface area contributed by atoms with Crippen LogP contribution >= 0.6 is 48.2 Å². The predicted molar refractivity (Wildman–Crippen MR) is 123 cm³/mol. The molecule has 3 fully saturated rings. The van der Waals surface area contributed by atoms with E-state index in [1.807, 2.05) is 6.07 Å². The minimum atomic E-state index is -0.370. The second-order valence-electron chi connectivity index (χ2n) is 7.95. The average molecular weight is 482 g/mol. The Labute approximate surface area is 192 Å². The number of hydrogen-bond acceptors (Lipinski definition) is 6. The molecule has 0 spiro atoms. The van der Waals surface area contributed by atoms with Crippen molar-refractivity contribution in [2.45, 2.75) is 41.9 Å². The van der Waals surface area contributed by atoms with Crippen molar-refractivity contribution in [3.8, 4) is 0 Å². The monoisotopic (exact) mass is 480 g/mol. The first-order valence-corrected chi connectivity index (χ1v) is 11.0. The highest BCUT2D eigenvalue weighted by Gasteiger charge is 2.49. The van der Waals surface area contributed by atoms with Gasteiger partial charge >= 0.3 is 0 Å². The number of benzene rings is 1. The smallest absolute Gasteiger partial charge is 0.166 e. The lowest BCUT2D eigenvalue weighted by molar-refractivity contribution is 0.0997. The van der Waals surface area contributed by atoms with Crippen molar-refractivity contribution in [3.05, 3.63) is 17.2 Å². The molecule has 3 unspecified atom stereocenters. The van der Waals surface area contributed by atoms with Gasteiger partial charge in [-0.1, -0.05) is 23.4 Å². The summed E-state index contributed by atoms with van der Waals surface area (Å²) >= 11 is 8.13. The maximum Gasteiger partial charge on any atom is 0.166 e. The summed E-state index contributed by atoms with van der Waals surface area (Å²) in [6.07, 6.45) is 1.97. The molecule has 2 aliphatic carbocycles. The van der Waals surface area contributed by atoms with E-state index in [2.05, 4.69) is 26.3 Å². The summed E-state index contributed by atoms with van der Waals surface area (Å²) < 4.78 is 0. The molecule has 5 atom stereocenters. The van der Waals surface area contributed by atoms with E-state index in [1.165, 1.54) is 0 Å². The van der Waals surface area contributed by atoms with Crippen molar-refractivity contribution in [1.82, 2.24) is 15.3 Å². The zero-order valence-corrected chi connectivity index (χ0v) is 19.1. The molecule has 1 aromatic heterocycles. The van der Waals surface area contributed by atoms with Gasteiger partial charge in [-0.15, -0.1) is 24.8 Å². The quantitative estimate of drug-likeness (QED) is 0.539. The van der Waals surface area contributed by atoms with Crippen molar-refractivity contribution >= 4 is 64.9 Å². The first-order valence-electron chi connectivity index (χ1n) is 9.78. The van der Waals surface area contributed by atoms with E-state index >= 15 is 0 Å². The van der Waals surface area contributed by atoms with E-state index in [4.69, 9.17) is 11.6 Å². The molecule has 2 heterocycles. The molecule has 2 saturated carbocycles. The number of imidazole rings is 1. The van der Waals surface area contributed by atoms with Gasteiger partial charge in [-0.25, -0.2) is 4.98 Å². The molecular weight excluding hydrogens is 455 g/mol. The van der Waals surface area contributed by atoms with Crippen molar-refractivity contribution in [2.75, 3.05) is 31.1 Å². The summed E-state index contributed by atoms with van der Waals surface area (Å²) in [5.74, 6) is 0.464. The van der Waals surface area contributed by atoms with E-state index in [0.717, 1.165) is 72.3 Å². The fraction of sp³-hybridized carbons (Fsp3) is 0.632. The van der Waals surface area contributed by atoms with Crippen LogP contribution in [0.3, 0.4) is 0 Å². The number of aliphatic hydroxyl groups excluding tert-OH is 2. The summed E-state index contributed by atoms with van der Waals surface area (Å²) in [5.41, 5.74) is 2.88. The lowest BCUT2D eigenvalue weighted by Crippen LogP contribution is -2.43. The third-order valence-electron chi connectivity index (χ3n) is 6.41. The van der Waals surface area contributed by atoms with Gasteiger partial charge in [-0.2, -0.15) is 0 Å². The number of aliphatic hydroxyl groups is 2. The lowest BCUT2D eigenvalue weighted by Gasteiger charge is -2.30. The maximum atomic E-state index is 10.7. The van der Waals surface area contributed by atoms with E-state index < -0.39 is 0 Å². The molecular formula is C19H27Cl3N4O2S. The van der Waals surface area contributed by atoms with Crippen LogP contribution in [0.25, 0.3) is 11.0 Å². The van der Waals surface area contributed by atoms with Gasteiger partial charge in [0.25, 0.3) is 0 Å². The Morgan fingerprint density at radius 1 is 1.10 bits per heavy atom. The van der Waals surface area contributed by atoms with Crippen molar-refractivity contribution in [3.63, 3.8) is 0 Å². The summed E-state index contributed by atoms with van der Waals surface area (Å²) in [5, 5.41) is 25.8. The molecule has 6 nitrogen and oxygen atoms in total. The van der Waals surface area contributed by atoms with Crippen molar-refractivity contribution in [1.29, 1.82) is 0 Å². The maximum absolute atomic E-state index is 10.7. The number of aromatic nitrogens is 2. The number of nitrogens with one attached hydrogen (secondary N) is 2. The van der Waals surface area contributed by atoms with Crippen LogP contribution in [0.1, 0.15) is 19.3 Å². The molecule has 1 aliphatic heterocycles. The molecule has 0 bridgehead atoms. The van der Waals surface area contributed by atoms with Crippen LogP contribution in [0.15, 0.2) is 17.3 Å². The molecule has 10 heteroatoms. The average Bonchev–Trinajstić information content (AvgIpc) is 3.32. The number of rotatable bonds is 3. The van der Waals surface area contributed by atoms with Crippen LogP contribution in [-0.2, 0) is 0 Å². The zero-order valence-electron chi connectivity index (χ0n) is 15.9. The molecule has 4 N–H and O–H groups in total. The van der Waals surface area contributed by atoms with Gasteiger partial charge in [0.05, 0.1) is 34.0 Å². The lowest BCUT2D eigenvalue weighted by atomic mass is 9.98. The largest absolute Gasteiger partial charge is 0.393 e. The second-order valence-corrected chi connectivity index (χ2v) is 9.59. The summed E-state index contributed by atoms with van der Waals surface area (Å²) in [7, 11) is 0. The van der Waals surface area contributed by atoms with E-state index in [9.17, 15) is 10.2 Å². The molecule has 1 saturated heterocycles. The van der Waals surface area contributed by atoms with Crippen molar-refractivity contribution in [2.24, 2.45) is 11.8 Å². The molecule has 2 aromatic rings. The topological polar surface area (TPSA) is 84.4 Å². The van der Waals surface area contributed by atoms with Crippen LogP contribution in [0, 0.1) is 11.8 Å². The van der Waals surface area contributed by atoms with Gasteiger partial charge in [-0.3, -0.25) is 0 Å². The number of thioether (sulfide) groups is 1. The molecule has 162 valence electrons. The third-order valence-corrected chi connectivity index (χ3v) is 7.91. The minimum Gasteiger partial charge on any atom is -0.393 e. The van der Waals surface area contributed by atoms with Gasteiger partial charge < -0.3 is 25.4 Å². The SMILES string of the molecule is Cl.Cl.O[C@H]1C(Sc2nc3cc(Cl)c(N4CCNCC4)cc3[nH]2)CC2C1CC[C@H]2O. The number of halogens is 3. The fourth-order valence-electron chi connectivity index (χ4n) is 4.98. The van der Waals surface area contributed by atoms with Gasteiger partial charge in [0, 0.05) is 31.4 Å². The third kappa shape index (κ3) is 4.33. The first kappa shape index (κ1) is 23.3. The molecule has 29 heavy (non-hydrogen) atoms. The summed E-state index contributed by atoms with van der Waals surface area (Å²) in [6.45, 7) is 3.82. The Kier molecular flexibility index (Phi) is 7.53. The van der Waals surface area contributed by atoms with Crippen LogP contribution < -0.4 is 10.2 Å². The Morgan fingerprint density at radius 3 is 2.59 bits per heavy atom. The summed E-state index contributed by atoms with van der Waals surface area (Å²) in [4.78, 5) is 10.4. The second kappa shape index (κ2) is 9.39. The van der Waals surface area contributed by atoms with Crippen molar-refractivity contribution < 1.29 is 10.2 Å². The number of fused-ring (bicyclic) bond motifs is 2. The fourth-order valence-corrected chi connectivity index (χ4v) is 6.52. The number of H-pyrrole nitrogens is 1. The van der Waals surface area contributed by atoms with E-state index in [0.29, 0.717) is 0 Å². The van der Waals surface area contributed by atoms with Crippen LogP contribution in [0.5, 0.6) is 0 Å². The van der Waals surface area contributed by atoms with Gasteiger partial charge in [-0.05, 0) is 43.2 Å². The highest BCUT2D eigenvalue weighted by atomic mass is 35.5. The highest BCUT2D eigenvalue weighted by molar-refractivity contribution is 7.99. The zero-order chi connectivity index (χ0) is 18.5. The Balaban J connectivity index is 0.00000120. The molecule has 1 aromatic carbocycles. The number of nitrogens with zero attached hydrogens (tertiary/aromatic N) is 2. The standard InChI is InChI=1S/C19H25ClN4O2S.2ClH/c20-12-8-13-14(9-15(12)24-5-3-21-4-6-24)23-19(22-13)27-17-7-11-10(18(17)26)1-2-16(11)25;;/h8-11,16-18,21,25-26H,1-7H2,(H,22,23);2*1H/t10?,11?,16-,17?,18-;;/m1../s1. The number of piperazine rings is 1. The highest BCUT2D eigenvalue weighted by Crippen LogP contribution is 2.49. The Bertz CT molecular complexity index is 848. The van der Waals surface area contributed by atoms with Gasteiger partial charge in [0.1, 0.15) is 0 Å². The number of anilines is 1. The van der Waals surface area contributed by atoms with Crippen LogP contribution in [0.4, 0.5) is 5.69 Å². The molecule has 3 aliphatic rings. The predicted octanol–water partition coefficient (Wildman–Crippen LogP) is 3.08. The summed E-state index contributed by atoms with van der Waals surface area (Å²) in [6, 6.07) is 4.02. The normalized spacial score (nSPS) is 31.4. The molecule has 5 rings (SSSR count). The molecule has 0 amide bonds. The first-order chi connectivity index (χ1) is 13.1. The van der Waals surface area contributed by atoms with Gasteiger partial charge in [0.15, 0.2) is 5.16 Å². The van der Waals surface area contributed by atoms with Crippen LogP contribution in [-0.4, -0.2) is 63.8 Å².